The highest BCUT2D eigenvalue weighted by Crippen LogP contribution is 2.38. The van der Waals surface area contributed by atoms with Gasteiger partial charge in [0.1, 0.15) is 0 Å². The van der Waals surface area contributed by atoms with Crippen LogP contribution in [0.2, 0.25) is 5.02 Å². The Morgan fingerprint density at radius 1 is 1.08 bits per heavy atom. The van der Waals surface area contributed by atoms with Crippen LogP contribution in [0.25, 0.3) is 0 Å². The van der Waals surface area contributed by atoms with Gasteiger partial charge in [0.25, 0.3) is 0 Å². The Balaban J connectivity index is 1.42. The highest BCUT2D eigenvalue weighted by atomic mass is 35.5. The zero-order chi connectivity index (χ0) is 17.9. The molecule has 4 rings (SSSR count). The summed E-state index contributed by atoms with van der Waals surface area (Å²) in [7, 11) is 0. The first-order valence-corrected chi connectivity index (χ1v) is 10.2. The van der Waals surface area contributed by atoms with E-state index in [1.807, 2.05) is 0 Å². The second kappa shape index (κ2) is 8.05. The molecule has 0 bridgehead atoms. The molecule has 6 heteroatoms. The quantitative estimate of drug-likeness (QED) is 0.860. The van der Waals surface area contributed by atoms with E-state index in [1.54, 1.807) is 12.1 Å². The molecule has 0 radical (unpaired) electrons. The summed E-state index contributed by atoms with van der Waals surface area (Å²) < 4.78 is 11.3. The maximum atomic E-state index is 12.7. The van der Waals surface area contributed by atoms with Gasteiger partial charge in [-0.15, -0.1) is 0 Å². The molecule has 2 atom stereocenters. The topological polar surface area (TPSA) is 50.8 Å². The first kappa shape index (κ1) is 17.9. The molecule has 5 nitrogen and oxygen atoms in total. The molecule has 1 aromatic rings. The molecule has 2 aliphatic heterocycles. The normalized spacial score (nSPS) is 25.9. The number of hydrogen-bond acceptors (Lipinski definition) is 4. The summed E-state index contributed by atoms with van der Waals surface area (Å²) in [5.74, 6) is 2.05. The number of hydrogen-bond donors (Lipinski definition) is 1. The van der Waals surface area contributed by atoms with Crippen LogP contribution < -0.4 is 14.8 Å². The average molecular weight is 379 g/mol. The molecule has 3 aliphatic rings. The van der Waals surface area contributed by atoms with Crippen LogP contribution in [-0.4, -0.2) is 43.2 Å². The van der Waals surface area contributed by atoms with Crippen molar-refractivity contribution in [2.45, 2.75) is 51.0 Å². The highest BCUT2D eigenvalue weighted by Gasteiger charge is 2.34. The van der Waals surface area contributed by atoms with Crippen molar-refractivity contribution >= 4 is 23.2 Å². The number of anilines is 1. The minimum atomic E-state index is -0.00684. The van der Waals surface area contributed by atoms with Crippen molar-refractivity contribution in [2.75, 3.05) is 31.6 Å². The standard InChI is InChI=1S/C20H27ClN2O3/c21-15-11-18-19(26-10-4-9-25-18)12-16(15)22-20(24)13-23-8-3-6-14-5-1-2-7-17(14)23/h11-12,14,17H,1-10,13H2,(H,22,24)/t14-,17+/m1/s1. The fraction of sp³-hybridized carbons (Fsp3) is 0.650. The molecule has 1 N–H and O–H groups in total. The van der Waals surface area contributed by atoms with Gasteiger partial charge in [-0.1, -0.05) is 24.4 Å². The van der Waals surface area contributed by atoms with Gasteiger partial charge in [0, 0.05) is 24.6 Å². The Kier molecular flexibility index (Phi) is 5.55. The van der Waals surface area contributed by atoms with Gasteiger partial charge in [0.05, 0.1) is 30.5 Å². The van der Waals surface area contributed by atoms with Gasteiger partial charge < -0.3 is 14.8 Å². The summed E-state index contributed by atoms with van der Waals surface area (Å²) in [6, 6.07) is 4.08. The van der Waals surface area contributed by atoms with Gasteiger partial charge in [-0.2, -0.15) is 0 Å². The van der Waals surface area contributed by atoms with Crippen LogP contribution in [0, 0.1) is 5.92 Å². The van der Waals surface area contributed by atoms with E-state index in [9.17, 15) is 4.79 Å². The van der Waals surface area contributed by atoms with E-state index in [0.717, 1.165) is 18.9 Å². The zero-order valence-corrected chi connectivity index (χ0v) is 15.9. The van der Waals surface area contributed by atoms with E-state index >= 15 is 0 Å². The molecule has 1 saturated carbocycles. The van der Waals surface area contributed by atoms with E-state index < -0.39 is 0 Å². The van der Waals surface area contributed by atoms with Gasteiger partial charge in [0.2, 0.25) is 5.91 Å². The minimum Gasteiger partial charge on any atom is -0.490 e. The highest BCUT2D eigenvalue weighted by molar-refractivity contribution is 6.34. The Morgan fingerprint density at radius 2 is 1.81 bits per heavy atom. The number of rotatable bonds is 3. The molecular weight excluding hydrogens is 352 g/mol. The van der Waals surface area contributed by atoms with Crippen molar-refractivity contribution in [1.82, 2.24) is 4.90 Å². The van der Waals surface area contributed by atoms with Crippen LogP contribution in [0.1, 0.15) is 44.9 Å². The maximum Gasteiger partial charge on any atom is 0.238 e. The van der Waals surface area contributed by atoms with Crippen LogP contribution in [0.3, 0.4) is 0 Å². The second-order valence-electron chi connectivity index (χ2n) is 7.60. The van der Waals surface area contributed by atoms with Crippen molar-refractivity contribution < 1.29 is 14.3 Å². The molecule has 2 fully saturated rings. The number of nitrogens with zero attached hydrogens (tertiary/aromatic N) is 1. The van der Waals surface area contributed by atoms with Crippen LogP contribution >= 0.6 is 11.6 Å². The van der Waals surface area contributed by atoms with Crippen LogP contribution in [0.15, 0.2) is 12.1 Å². The van der Waals surface area contributed by atoms with Crippen molar-refractivity contribution in [3.05, 3.63) is 17.2 Å². The number of benzene rings is 1. The van der Waals surface area contributed by atoms with Crippen LogP contribution in [0.4, 0.5) is 5.69 Å². The van der Waals surface area contributed by atoms with E-state index in [-0.39, 0.29) is 5.91 Å². The first-order chi connectivity index (χ1) is 12.7. The van der Waals surface area contributed by atoms with Crippen molar-refractivity contribution in [3.8, 4) is 11.5 Å². The largest absolute Gasteiger partial charge is 0.490 e. The molecule has 26 heavy (non-hydrogen) atoms. The second-order valence-corrected chi connectivity index (χ2v) is 8.01. The lowest BCUT2D eigenvalue weighted by Gasteiger charge is -2.43. The Bertz CT molecular complexity index is 665. The number of fused-ring (bicyclic) bond motifs is 2. The maximum absolute atomic E-state index is 12.7. The lowest BCUT2D eigenvalue weighted by atomic mass is 9.78. The lowest BCUT2D eigenvalue weighted by Crippen LogP contribution is -2.49. The van der Waals surface area contributed by atoms with Crippen LogP contribution in [-0.2, 0) is 4.79 Å². The first-order valence-electron chi connectivity index (χ1n) is 9.84. The number of carbonyl (C=O) groups excluding carboxylic acids is 1. The monoisotopic (exact) mass is 378 g/mol. The van der Waals surface area contributed by atoms with Gasteiger partial charge in [-0.25, -0.2) is 0 Å². The third kappa shape index (κ3) is 3.94. The van der Waals surface area contributed by atoms with E-state index in [1.165, 1.54) is 38.5 Å². The molecule has 1 amide bonds. The summed E-state index contributed by atoms with van der Waals surface area (Å²) in [5.41, 5.74) is 0.595. The van der Waals surface area contributed by atoms with E-state index in [2.05, 4.69) is 10.2 Å². The third-order valence-electron chi connectivity index (χ3n) is 5.82. The zero-order valence-electron chi connectivity index (χ0n) is 15.1. The van der Waals surface area contributed by atoms with Crippen molar-refractivity contribution in [2.24, 2.45) is 5.92 Å². The molecule has 1 aromatic carbocycles. The molecule has 2 heterocycles. The number of nitrogens with one attached hydrogen (secondary N) is 1. The lowest BCUT2D eigenvalue weighted by molar-refractivity contribution is -0.118. The van der Waals surface area contributed by atoms with Crippen molar-refractivity contribution in [3.63, 3.8) is 0 Å². The number of ether oxygens (including phenoxy) is 2. The SMILES string of the molecule is O=C(CN1CCC[C@H]2CCCC[C@@H]21)Nc1cc2c(cc1Cl)OCCCO2. The van der Waals surface area contributed by atoms with Gasteiger partial charge in [-0.05, 0) is 38.1 Å². The Labute approximate surface area is 160 Å². The van der Waals surface area contributed by atoms with Crippen LogP contribution in [0.5, 0.6) is 11.5 Å². The molecule has 1 saturated heterocycles. The molecular formula is C20H27ClN2O3. The fourth-order valence-electron chi connectivity index (χ4n) is 4.58. The minimum absolute atomic E-state index is 0.00684. The summed E-state index contributed by atoms with van der Waals surface area (Å²) in [6.07, 6.45) is 8.52. The predicted octanol–water partition coefficient (Wildman–Crippen LogP) is 4.09. The molecule has 1 aliphatic carbocycles. The fourth-order valence-corrected chi connectivity index (χ4v) is 4.78. The number of amides is 1. The van der Waals surface area contributed by atoms with Gasteiger partial charge in [0.15, 0.2) is 11.5 Å². The third-order valence-corrected chi connectivity index (χ3v) is 6.13. The van der Waals surface area contributed by atoms with Crippen molar-refractivity contribution in [1.29, 1.82) is 0 Å². The molecule has 0 unspecified atom stereocenters. The number of piperidine rings is 1. The smallest absolute Gasteiger partial charge is 0.238 e. The summed E-state index contributed by atoms with van der Waals surface area (Å²) in [5, 5.41) is 3.46. The van der Waals surface area contributed by atoms with E-state index in [4.69, 9.17) is 21.1 Å². The summed E-state index contributed by atoms with van der Waals surface area (Å²) in [6.45, 7) is 2.68. The summed E-state index contributed by atoms with van der Waals surface area (Å²) in [4.78, 5) is 15.0. The Morgan fingerprint density at radius 3 is 2.65 bits per heavy atom. The summed E-state index contributed by atoms with van der Waals surface area (Å²) >= 11 is 6.35. The Hall–Kier alpha value is -1.46. The molecule has 142 valence electrons. The van der Waals surface area contributed by atoms with Gasteiger partial charge in [-0.3, -0.25) is 9.69 Å². The number of carbonyl (C=O) groups is 1. The number of halogens is 1. The average Bonchev–Trinajstić information content (AvgIpc) is 2.87. The van der Waals surface area contributed by atoms with Gasteiger partial charge >= 0.3 is 0 Å². The molecule has 0 spiro atoms. The number of likely N-dealkylation sites (tertiary alicyclic amines) is 1. The van der Waals surface area contributed by atoms with E-state index in [0.29, 0.717) is 48.0 Å². The predicted molar refractivity (Wildman–Crippen MR) is 102 cm³/mol. The molecule has 0 aromatic heterocycles.